The summed E-state index contributed by atoms with van der Waals surface area (Å²) in [6.07, 6.45) is -4.55. The Hall–Kier alpha value is -1.56. The molecular formula is C15H12BrF4N. The highest BCUT2D eigenvalue weighted by Gasteiger charge is 2.31. The number of nitrogens with one attached hydrogen (secondary N) is 1. The standard InChI is InChI=1S/C15H12BrF4N/c1-9-4-13(2-3-14(9)16)21-8-10-5-11(15(18,19)20)7-12(17)6-10/h2-7,21H,8H2,1H3. The maximum atomic E-state index is 13.3. The molecule has 0 spiro atoms. The summed E-state index contributed by atoms with van der Waals surface area (Å²) in [6.45, 7) is 2.01. The molecule has 0 saturated carbocycles. The Labute approximate surface area is 128 Å². The molecule has 2 aromatic carbocycles. The summed E-state index contributed by atoms with van der Waals surface area (Å²) in [5.74, 6) is -0.895. The second-order valence-corrected chi connectivity index (χ2v) is 5.52. The summed E-state index contributed by atoms with van der Waals surface area (Å²) in [5.41, 5.74) is 1.01. The summed E-state index contributed by atoms with van der Waals surface area (Å²) in [5, 5.41) is 2.98. The van der Waals surface area contributed by atoms with E-state index in [0.29, 0.717) is 6.07 Å². The Morgan fingerprint density at radius 1 is 1.10 bits per heavy atom. The van der Waals surface area contributed by atoms with Gasteiger partial charge in [0.1, 0.15) is 5.82 Å². The van der Waals surface area contributed by atoms with Crippen LogP contribution < -0.4 is 5.32 Å². The fourth-order valence-corrected chi connectivity index (χ4v) is 2.12. The van der Waals surface area contributed by atoms with Gasteiger partial charge in [-0.15, -0.1) is 0 Å². The minimum atomic E-state index is -4.55. The van der Waals surface area contributed by atoms with Crippen LogP contribution in [-0.2, 0) is 12.7 Å². The van der Waals surface area contributed by atoms with E-state index in [1.54, 1.807) is 6.07 Å². The van der Waals surface area contributed by atoms with Crippen LogP contribution in [0, 0.1) is 12.7 Å². The predicted molar refractivity (Wildman–Crippen MR) is 77.6 cm³/mol. The second-order valence-electron chi connectivity index (χ2n) is 4.66. The van der Waals surface area contributed by atoms with E-state index in [9.17, 15) is 17.6 Å². The van der Waals surface area contributed by atoms with E-state index in [1.165, 1.54) is 0 Å². The largest absolute Gasteiger partial charge is 0.416 e. The van der Waals surface area contributed by atoms with Crippen molar-refractivity contribution in [3.63, 3.8) is 0 Å². The first-order valence-electron chi connectivity index (χ1n) is 6.12. The maximum Gasteiger partial charge on any atom is 0.416 e. The van der Waals surface area contributed by atoms with Crippen molar-refractivity contribution in [3.05, 3.63) is 63.4 Å². The molecule has 0 fully saturated rings. The van der Waals surface area contributed by atoms with Crippen LogP contribution in [-0.4, -0.2) is 0 Å². The number of hydrogen-bond donors (Lipinski definition) is 1. The van der Waals surface area contributed by atoms with E-state index >= 15 is 0 Å². The number of alkyl halides is 3. The van der Waals surface area contributed by atoms with E-state index < -0.39 is 17.6 Å². The van der Waals surface area contributed by atoms with Crippen molar-refractivity contribution in [2.24, 2.45) is 0 Å². The van der Waals surface area contributed by atoms with Crippen molar-refractivity contribution in [2.75, 3.05) is 5.32 Å². The zero-order valence-electron chi connectivity index (χ0n) is 11.1. The van der Waals surface area contributed by atoms with E-state index in [0.717, 1.165) is 27.9 Å². The highest BCUT2D eigenvalue weighted by Crippen LogP contribution is 2.30. The van der Waals surface area contributed by atoms with Crippen molar-refractivity contribution >= 4 is 21.6 Å². The van der Waals surface area contributed by atoms with Crippen LogP contribution in [0.4, 0.5) is 23.2 Å². The smallest absolute Gasteiger partial charge is 0.381 e. The van der Waals surface area contributed by atoms with Crippen molar-refractivity contribution in [3.8, 4) is 0 Å². The molecule has 0 aromatic heterocycles. The molecule has 0 amide bonds. The number of hydrogen-bond acceptors (Lipinski definition) is 1. The number of rotatable bonds is 3. The Morgan fingerprint density at radius 2 is 1.81 bits per heavy atom. The van der Waals surface area contributed by atoms with Crippen LogP contribution in [0.1, 0.15) is 16.7 Å². The molecule has 0 radical (unpaired) electrons. The Balaban J connectivity index is 2.16. The summed E-state index contributed by atoms with van der Waals surface area (Å²) < 4.78 is 52.1. The zero-order chi connectivity index (χ0) is 15.6. The second kappa shape index (κ2) is 6.05. The fourth-order valence-electron chi connectivity index (χ4n) is 1.87. The topological polar surface area (TPSA) is 12.0 Å². The lowest BCUT2D eigenvalue weighted by atomic mass is 10.1. The number of benzene rings is 2. The third-order valence-electron chi connectivity index (χ3n) is 2.94. The molecule has 6 heteroatoms. The average molecular weight is 362 g/mol. The van der Waals surface area contributed by atoms with Crippen LogP contribution >= 0.6 is 15.9 Å². The summed E-state index contributed by atoms with van der Waals surface area (Å²) in [7, 11) is 0. The number of halogens is 5. The van der Waals surface area contributed by atoms with Gasteiger partial charge in [0.15, 0.2) is 0 Å². The molecule has 2 aromatic rings. The molecule has 0 aliphatic heterocycles. The number of anilines is 1. The summed E-state index contributed by atoms with van der Waals surface area (Å²) in [4.78, 5) is 0. The zero-order valence-corrected chi connectivity index (χ0v) is 12.6. The molecule has 0 heterocycles. The first-order valence-corrected chi connectivity index (χ1v) is 6.92. The Kier molecular flexibility index (Phi) is 4.56. The van der Waals surface area contributed by atoms with E-state index in [2.05, 4.69) is 21.2 Å². The molecule has 21 heavy (non-hydrogen) atoms. The van der Waals surface area contributed by atoms with E-state index in [4.69, 9.17) is 0 Å². The average Bonchev–Trinajstić information content (AvgIpc) is 2.38. The van der Waals surface area contributed by atoms with Crippen LogP contribution in [0.5, 0.6) is 0 Å². The van der Waals surface area contributed by atoms with Crippen LogP contribution in [0.3, 0.4) is 0 Å². The molecule has 0 bridgehead atoms. The van der Waals surface area contributed by atoms with Gasteiger partial charge in [-0.2, -0.15) is 13.2 Å². The summed E-state index contributed by atoms with van der Waals surface area (Å²) in [6, 6.07) is 8.02. The SMILES string of the molecule is Cc1cc(NCc2cc(F)cc(C(F)(F)F)c2)ccc1Br. The lowest BCUT2D eigenvalue weighted by Gasteiger charge is -2.11. The summed E-state index contributed by atoms with van der Waals surface area (Å²) >= 11 is 3.36. The lowest BCUT2D eigenvalue weighted by Crippen LogP contribution is -2.08. The highest BCUT2D eigenvalue weighted by atomic mass is 79.9. The first-order chi connectivity index (χ1) is 9.75. The van der Waals surface area contributed by atoms with Crippen LogP contribution in [0.15, 0.2) is 40.9 Å². The fraction of sp³-hybridized carbons (Fsp3) is 0.200. The van der Waals surface area contributed by atoms with E-state index in [1.807, 2.05) is 19.1 Å². The van der Waals surface area contributed by atoms with Gasteiger partial charge in [0.2, 0.25) is 0 Å². The molecule has 0 aliphatic rings. The number of aryl methyl sites for hydroxylation is 1. The highest BCUT2D eigenvalue weighted by molar-refractivity contribution is 9.10. The van der Waals surface area contributed by atoms with Gasteiger partial charge in [0.25, 0.3) is 0 Å². The van der Waals surface area contributed by atoms with Gasteiger partial charge >= 0.3 is 6.18 Å². The van der Waals surface area contributed by atoms with E-state index in [-0.39, 0.29) is 12.1 Å². The van der Waals surface area contributed by atoms with Gasteiger partial charge in [-0.25, -0.2) is 4.39 Å². The first kappa shape index (κ1) is 15.8. The van der Waals surface area contributed by atoms with Crippen molar-refractivity contribution in [2.45, 2.75) is 19.6 Å². The lowest BCUT2D eigenvalue weighted by molar-refractivity contribution is -0.137. The van der Waals surface area contributed by atoms with Gasteiger partial charge < -0.3 is 5.32 Å². The third kappa shape index (κ3) is 4.20. The van der Waals surface area contributed by atoms with Crippen LogP contribution in [0.2, 0.25) is 0 Å². The van der Waals surface area contributed by atoms with Gasteiger partial charge in [-0.05, 0) is 54.4 Å². The van der Waals surface area contributed by atoms with Crippen molar-refractivity contribution in [1.29, 1.82) is 0 Å². The maximum absolute atomic E-state index is 13.3. The van der Waals surface area contributed by atoms with Gasteiger partial charge in [0, 0.05) is 16.7 Å². The Bertz CT molecular complexity index is 653. The van der Waals surface area contributed by atoms with Crippen molar-refractivity contribution < 1.29 is 17.6 Å². The molecule has 0 unspecified atom stereocenters. The molecule has 1 N–H and O–H groups in total. The normalized spacial score (nSPS) is 11.5. The van der Waals surface area contributed by atoms with Gasteiger partial charge in [-0.1, -0.05) is 15.9 Å². The monoisotopic (exact) mass is 361 g/mol. The molecule has 112 valence electrons. The predicted octanol–water partition coefficient (Wildman–Crippen LogP) is 5.53. The minimum absolute atomic E-state index is 0.113. The minimum Gasteiger partial charge on any atom is -0.381 e. The molecule has 0 saturated heterocycles. The van der Waals surface area contributed by atoms with Gasteiger partial charge in [-0.3, -0.25) is 0 Å². The molecule has 0 aliphatic carbocycles. The van der Waals surface area contributed by atoms with Crippen LogP contribution in [0.25, 0.3) is 0 Å². The van der Waals surface area contributed by atoms with Crippen molar-refractivity contribution in [1.82, 2.24) is 0 Å². The molecule has 1 nitrogen and oxygen atoms in total. The molecule has 2 rings (SSSR count). The Morgan fingerprint density at radius 3 is 2.43 bits per heavy atom. The molecular weight excluding hydrogens is 350 g/mol. The third-order valence-corrected chi connectivity index (χ3v) is 3.83. The molecule has 0 atom stereocenters. The quantitative estimate of drug-likeness (QED) is 0.709. The van der Waals surface area contributed by atoms with Gasteiger partial charge in [0.05, 0.1) is 5.56 Å².